The fourth-order valence-corrected chi connectivity index (χ4v) is 1.13. The summed E-state index contributed by atoms with van der Waals surface area (Å²) >= 11 is 3.59. The van der Waals surface area contributed by atoms with E-state index in [2.05, 4.69) is 9.97 Å². The van der Waals surface area contributed by atoms with Gasteiger partial charge in [0, 0.05) is 6.20 Å². The maximum atomic E-state index is 10.3. The van der Waals surface area contributed by atoms with Crippen LogP contribution in [0.25, 0.3) is 0 Å². The topological polar surface area (TPSA) is 63.1 Å². The van der Waals surface area contributed by atoms with Crippen LogP contribution in [0.3, 0.4) is 0 Å². The van der Waals surface area contributed by atoms with Crippen molar-refractivity contribution >= 4 is 22.7 Å². The van der Waals surface area contributed by atoms with E-state index in [1.165, 1.54) is 12.4 Å². The van der Waals surface area contributed by atoms with Crippen LogP contribution >= 0.6 is 11.6 Å². The number of hydrogen-bond acceptors (Lipinski definition) is 3. The Morgan fingerprint density at radius 3 is 2.91 bits per heavy atom. The first kappa shape index (κ1) is 8.58. The van der Waals surface area contributed by atoms with Gasteiger partial charge in [-0.1, -0.05) is 11.6 Å². The summed E-state index contributed by atoms with van der Waals surface area (Å²) in [4.78, 5) is 7.46. The van der Waals surface area contributed by atoms with Crippen molar-refractivity contribution in [2.75, 3.05) is 0 Å². The number of halogens is 1. The quantitative estimate of drug-likeness (QED) is 0.706. The van der Waals surface area contributed by atoms with Crippen molar-refractivity contribution in [3.63, 3.8) is 0 Å². The average Bonchev–Trinajstić information content (AvgIpc) is 1.85. The Hall–Kier alpha value is -0.520. The lowest BCUT2D eigenvalue weighted by Gasteiger charge is -1.94. The van der Waals surface area contributed by atoms with Crippen molar-refractivity contribution in [3.05, 3.63) is 23.2 Å². The van der Waals surface area contributed by atoms with Crippen LogP contribution in [0.1, 0.15) is 5.69 Å². The number of aromatic nitrogens is 2. The van der Waals surface area contributed by atoms with Crippen molar-refractivity contribution in [1.29, 1.82) is 0 Å². The second-order valence-corrected chi connectivity index (χ2v) is 3.12. The fraction of sp³-hybridized carbons (Fsp3) is 0.200. The largest absolute Gasteiger partial charge is 0.306 e. The molecule has 4 nitrogen and oxygen atoms in total. The van der Waals surface area contributed by atoms with Crippen molar-refractivity contribution in [3.8, 4) is 0 Å². The van der Waals surface area contributed by atoms with Gasteiger partial charge in [-0.25, -0.2) is 9.19 Å². The van der Waals surface area contributed by atoms with Gasteiger partial charge in [-0.3, -0.25) is 4.98 Å². The third kappa shape index (κ3) is 2.92. The zero-order chi connectivity index (χ0) is 8.27. The van der Waals surface area contributed by atoms with Crippen LogP contribution in [0.4, 0.5) is 0 Å². The Morgan fingerprint density at radius 1 is 1.64 bits per heavy atom. The average molecular weight is 193 g/mol. The third-order valence-corrected chi connectivity index (χ3v) is 1.65. The molecular weight excluding hydrogens is 188 g/mol. The molecule has 0 amide bonds. The molecule has 0 bridgehead atoms. The van der Waals surface area contributed by atoms with Crippen molar-refractivity contribution < 1.29 is 8.76 Å². The summed E-state index contributed by atoms with van der Waals surface area (Å²) in [5.41, 5.74) is 0.415. The summed E-state index contributed by atoms with van der Waals surface area (Å²) in [5.74, 6) is -0.0342. The van der Waals surface area contributed by atoms with E-state index >= 15 is 0 Å². The summed E-state index contributed by atoms with van der Waals surface area (Å²) in [5, 5.41) is 0.230. The highest BCUT2D eigenvalue weighted by atomic mass is 35.5. The van der Waals surface area contributed by atoms with Crippen molar-refractivity contribution in [1.82, 2.24) is 9.97 Å². The van der Waals surface area contributed by atoms with Gasteiger partial charge < -0.3 is 4.55 Å². The maximum absolute atomic E-state index is 10.3. The Kier molecular flexibility index (Phi) is 2.92. The van der Waals surface area contributed by atoms with Crippen LogP contribution in [0, 0.1) is 0 Å². The Labute approximate surface area is 70.9 Å². The van der Waals surface area contributed by atoms with Gasteiger partial charge in [-0.2, -0.15) is 0 Å². The molecule has 1 aromatic rings. The van der Waals surface area contributed by atoms with Gasteiger partial charge in [-0.05, 0) is 0 Å². The monoisotopic (exact) mass is 192 g/mol. The molecule has 1 rings (SSSR count). The van der Waals surface area contributed by atoms with Crippen LogP contribution in [0.15, 0.2) is 12.4 Å². The summed E-state index contributed by atoms with van der Waals surface area (Å²) in [7, 11) is 0. The Morgan fingerprint density at radius 2 is 2.36 bits per heavy atom. The molecule has 0 fully saturated rings. The minimum atomic E-state index is -1.89. The normalized spacial score (nSPS) is 12.9. The number of nitrogens with zero attached hydrogens (tertiary/aromatic N) is 2. The summed E-state index contributed by atoms with van der Waals surface area (Å²) in [6.45, 7) is 0. The first-order valence-corrected chi connectivity index (χ1v) is 4.38. The molecule has 0 saturated heterocycles. The van der Waals surface area contributed by atoms with Gasteiger partial charge >= 0.3 is 0 Å². The molecule has 0 aliphatic rings. The Bertz CT molecular complexity index is 281. The summed E-state index contributed by atoms with van der Waals surface area (Å²) in [6.07, 6.45) is 2.77. The lowest BCUT2D eigenvalue weighted by Crippen LogP contribution is -1.96. The number of rotatable bonds is 2. The van der Waals surface area contributed by atoms with E-state index in [1.807, 2.05) is 0 Å². The standard InChI is InChI=1S/C5H5ClN2O2S/c6-5-2-7-1-4(8-5)3-11(9)10/h1-2H,3H2,(H,9,10). The maximum Gasteiger partial charge on any atom is 0.159 e. The molecule has 0 saturated carbocycles. The molecule has 1 unspecified atom stereocenters. The first-order valence-electron chi connectivity index (χ1n) is 2.72. The van der Waals surface area contributed by atoms with E-state index < -0.39 is 11.1 Å². The highest BCUT2D eigenvalue weighted by Crippen LogP contribution is 2.03. The molecule has 1 atom stereocenters. The first-order chi connectivity index (χ1) is 5.18. The molecule has 0 aromatic carbocycles. The van der Waals surface area contributed by atoms with Crippen LogP contribution in [0.2, 0.25) is 5.15 Å². The van der Waals surface area contributed by atoms with Gasteiger partial charge in [0.2, 0.25) is 0 Å². The van der Waals surface area contributed by atoms with Crippen LogP contribution < -0.4 is 0 Å². The van der Waals surface area contributed by atoms with Gasteiger partial charge in [0.15, 0.2) is 11.1 Å². The summed E-state index contributed by atoms with van der Waals surface area (Å²) < 4.78 is 18.7. The predicted molar refractivity (Wildman–Crippen MR) is 41.5 cm³/mol. The van der Waals surface area contributed by atoms with Gasteiger partial charge in [0.1, 0.15) is 5.15 Å². The van der Waals surface area contributed by atoms with Crippen LogP contribution in [-0.4, -0.2) is 18.7 Å². The lowest BCUT2D eigenvalue weighted by atomic mass is 10.5. The van der Waals surface area contributed by atoms with Crippen LogP contribution in [0.5, 0.6) is 0 Å². The van der Waals surface area contributed by atoms with E-state index in [0.29, 0.717) is 5.69 Å². The highest BCUT2D eigenvalue weighted by molar-refractivity contribution is 7.78. The van der Waals surface area contributed by atoms with E-state index in [1.54, 1.807) is 0 Å². The lowest BCUT2D eigenvalue weighted by molar-refractivity contribution is 0.562. The van der Waals surface area contributed by atoms with Gasteiger partial charge in [0.05, 0.1) is 17.6 Å². The van der Waals surface area contributed by atoms with Crippen molar-refractivity contribution in [2.45, 2.75) is 5.75 Å². The molecule has 1 N–H and O–H groups in total. The zero-order valence-electron chi connectivity index (χ0n) is 5.40. The molecule has 0 spiro atoms. The number of hydrogen-bond donors (Lipinski definition) is 1. The van der Waals surface area contributed by atoms with Crippen molar-refractivity contribution in [2.24, 2.45) is 0 Å². The predicted octanol–water partition coefficient (Wildman–Crippen LogP) is 0.852. The second kappa shape index (κ2) is 3.75. The molecule has 11 heavy (non-hydrogen) atoms. The fourth-order valence-electron chi connectivity index (χ4n) is 0.576. The van der Waals surface area contributed by atoms with Gasteiger partial charge in [0.25, 0.3) is 0 Å². The molecule has 0 aliphatic heterocycles. The van der Waals surface area contributed by atoms with E-state index in [4.69, 9.17) is 16.2 Å². The van der Waals surface area contributed by atoms with Crippen LogP contribution in [-0.2, 0) is 16.8 Å². The second-order valence-electron chi connectivity index (χ2n) is 1.80. The van der Waals surface area contributed by atoms with E-state index in [9.17, 15) is 4.21 Å². The molecule has 1 aromatic heterocycles. The molecule has 1 heterocycles. The molecule has 0 aliphatic carbocycles. The Balaban J connectivity index is 2.79. The third-order valence-electron chi connectivity index (χ3n) is 0.926. The van der Waals surface area contributed by atoms with E-state index in [-0.39, 0.29) is 10.9 Å². The SMILES string of the molecule is O=S(O)Cc1cncc(Cl)n1. The minimum Gasteiger partial charge on any atom is -0.306 e. The summed E-state index contributed by atoms with van der Waals surface area (Å²) in [6, 6.07) is 0. The zero-order valence-corrected chi connectivity index (χ0v) is 6.97. The molecule has 0 radical (unpaired) electrons. The molecule has 60 valence electrons. The molecular formula is C5H5ClN2O2S. The van der Waals surface area contributed by atoms with Gasteiger partial charge in [-0.15, -0.1) is 0 Å². The highest BCUT2D eigenvalue weighted by Gasteiger charge is 1.99. The minimum absolute atomic E-state index is 0.0342. The van der Waals surface area contributed by atoms with E-state index in [0.717, 1.165) is 0 Å². The molecule has 6 heteroatoms. The smallest absolute Gasteiger partial charge is 0.159 e.